The quantitative estimate of drug-likeness (QED) is 0.640. The van der Waals surface area contributed by atoms with Gasteiger partial charge in [0.05, 0.1) is 12.0 Å². The van der Waals surface area contributed by atoms with Gasteiger partial charge in [-0.2, -0.15) is 0 Å². The lowest BCUT2D eigenvalue weighted by Crippen LogP contribution is -2.35. The van der Waals surface area contributed by atoms with Crippen molar-refractivity contribution in [2.75, 3.05) is 13.1 Å². The molecule has 2 heterocycles. The van der Waals surface area contributed by atoms with E-state index in [9.17, 15) is 9.90 Å². The van der Waals surface area contributed by atoms with Gasteiger partial charge in [-0.15, -0.1) is 0 Å². The number of nitrogens with zero attached hydrogens (tertiary/aromatic N) is 1. The van der Waals surface area contributed by atoms with Crippen LogP contribution < -0.4 is 10.1 Å². The number of carbonyl (C=O) groups excluding carboxylic acids is 1. The van der Waals surface area contributed by atoms with E-state index in [1.54, 1.807) is 0 Å². The van der Waals surface area contributed by atoms with Crippen LogP contribution in [-0.4, -0.2) is 35.1 Å². The summed E-state index contributed by atoms with van der Waals surface area (Å²) < 4.78 is 6.00. The number of amides is 1. The fourth-order valence-corrected chi connectivity index (χ4v) is 4.58. The fourth-order valence-electron chi connectivity index (χ4n) is 4.58. The fraction of sp³-hybridized carbons (Fsp3) is 0.296. The summed E-state index contributed by atoms with van der Waals surface area (Å²) >= 11 is 0. The number of ether oxygens (including phenoxy) is 1. The first-order valence-electron chi connectivity index (χ1n) is 11.3. The number of aliphatic hydroxyl groups excluding tert-OH is 1. The zero-order valence-corrected chi connectivity index (χ0v) is 18.0. The molecule has 5 nitrogen and oxygen atoms in total. The summed E-state index contributed by atoms with van der Waals surface area (Å²) in [6.45, 7) is 3.26. The Hall–Kier alpha value is -3.15. The SMILES string of the molecule is O=C(NCc1ccc(CN2CCC(O)CC2)cc1)C1c2ccccc2Oc2ccccc21. The second kappa shape index (κ2) is 9.15. The van der Waals surface area contributed by atoms with Crippen molar-refractivity contribution >= 4 is 5.91 Å². The Morgan fingerprint density at radius 1 is 0.875 bits per heavy atom. The maximum absolute atomic E-state index is 13.3. The van der Waals surface area contributed by atoms with Gasteiger partial charge in [-0.25, -0.2) is 0 Å². The molecule has 5 rings (SSSR count). The van der Waals surface area contributed by atoms with Crippen LogP contribution >= 0.6 is 0 Å². The first-order chi connectivity index (χ1) is 15.7. The van der Waals surface area contributed by atoms with E-state index in [2.05, 4.69) is 34.5 Å². The highest BCUT2D eigenvalue weighted by Crippen LogP contribution is 2.43. The molecule has 3 aromatic rings. The maximum Gasteiger partial charge on any atom is 0.232 e. The molecule has 0 aromatic heterocycles. The van der Waals surface area contributed by atoms with Crippen molar-refractivity contribution in [1.82, 2.24) is 10.2 Å². The summed E-state index contributed by atoms with van der Waals surface area (Å²) in [7, 11) is 0. The number of hydrogen-bond donors (Lipinski definition) is 2. The summed E-state index contributed by atoms with van der Waals surface area (Å²) in [5, 5.41) is 12.8. The molecule has 0 radical (unpaired) electrons. The minimum absolute atomic E-state index is 0.0239. The molecule has 0 aliphatic carbocycles. The molecule has 1 amide bonds. The number of para-hydroxylation sites is 2. The molecule has 32 heavy (non-hydrogen) atoms. The standard InChI is InChI=1S/C27H28N2O3/c30-21-13-15-29(16-14-21)18-20-11-9-19(10-12-20)17-28-27(31)26-22-5-1-3-7-24(22)32-25-8-4-2-6-23(25)26/h1-12,21,26,30H,13-18H2,(H,28,31). The summed E-state index contributed by atoms with van der Waals surface area (Å²) in [6.07, 6.45) is 1.55. The molecule has 5 heteroatoms. The van der Waals surface area contributed by atoms with Crippen molar-refractivity contribution in [3.63, 3.8) is 0 Å². The topological polar surface area (TPSA) is 61.8 Å². The van der Waals surface area contributed by atoms with Crippen molar-refractivity contribution in [3.8, 4) is 11.5 Å². The van der Waals surface area contributed by atoms with Crippen LogP contribution in [0.4, 0.5) is 0 Å². The highest BCUT2D eigenvalue weighted by atomic mass is 16.5. The Morgan fingerprint density at radius 2 is 1.44 bits per heavy atom. The van der Waals surface area contributed by atoms with Gasteiger partial charge in [-0.3, -0.25) is 9.69 Å². The zero-order chi connectivity index (χ0) is 21.9. The minimum Gasteiger partial charge on any atom is -0.457 e. The number of hydrogen-bond acceptors (Lipinski definition) is 4. The van der Waals surface area contributed by atoms with Gasteiger partial charge in [0.2, 0.25) is 5.91 Å². The Morgan fingerprint density at radius 3 is 2.06 bits per heavy atom. The number of nitrogens with one attached hydrogen (secondary N) is 1. The molecular weight excluding hydrogens is 400 g/mol. The lowest BCUT2D eigenvalue weighted by molar-refractivity contribution is -0.122. The molecule has 0 atom stereocenters. The maximum atomic E-state index is 13.3. The third kappa shape index (κ3) is 4.40. The van der Waals surface area contributed by atoms with Crippen LogP contribution in [0.25, 0.3) is 0 Å². The van der Waals surface area contributed by atoms with Gasteiger partial charge >= 0.3 is 0 Å². The Kier molecular flexibility index (Phi) is 5.93. The molecule has 2 aliphatic rings. The van der Waals surface area contributed by atoms with Crippen LogP contribution in [0, 0.1) is 0 Å². The van der Waals surface area contributed by atoms with Crippen LogP contribution in [0.3, 0.4) is 0 Å². The second-order valence-electron chi connectivity index (χ2n) is 8.65. The molecule has 2 aliphatic heterocycles. The molecule has 0 spiro atoms. The van der Waals surface area contributed by atoms with Gasteiger partial charge in [0.25, 0.3) is 0 Å². The third-order valence-corrected chi connectivity index (χ3v) is 6.40. The Balaban J connectivity index is 1.24. The number of piperidine rings is 1. The average Bonchev–Trinajstić information content (AvgIpc) is 2.83. The molecule has 1 saturated heterocycles. The van der Waals surface area contributed by atoms with Crippen LogP contribution in [0.1, 0.15) is 41.0 Å². The molecule has 0 bridgehead atoms. The molecular formula is C27H28N2O3. The summed E-state index contributed by atoms with van der Waals surface area (Å²) in [5.74, 6) is 1.07. The molecule has 0 saturated carbocycles. The summed E-state index contributed by atoms with van der Waals surface area (Å²) in [5.41, 5.74) is 4.12. The smallest absolute Gasteiger partial charge is 0.232 e. The van der Waals surface area contributed by atoms with E-state index < -0.39 is 0 Å². The molecule has 0 unspecified atom stereocenters. The van der Waals surface area contributed by atoms with E-state index in [0.717, 1.165) is 60.7 Å². The highest BCUT2D eigenvalue weighted by molar-refractivity contribution is 5.89. The van der Waals surface area contributed by atoms with E-state index in [4.69, 9.17) is 4.74 Å². The summed E-state index contributed by atoms with van der Waals surface area (Å²) in [4.78, 5) is 15.6. The lowest BCUT2D eigenvalue weighted by atomic mass is 9.87. The van der Waals surface area contributed by atoms with E-state index in [1.807, 2.05) is 48.5 Å². The number of benzene rings is 3. The first-order valence-corrected chi connectivity index (χ1v) is 11.3. The minimum atomic E-state index is -0.384. The molecule has 1 fully saturated rings. The Labute approximate surface area is 188 Å². The normalized spacial score (nSPS) is 16.7. The predicted molar refractivity (Wildman–Crippen MR) is 124 cm³/mol. The van der Waals surface area contributed by atoms with E-state index >= 15 is 0 Å². The van der Waals surface area contributed by atoms with Crippen molar-refractivity contribution in [1.29, 1.82) is 0 Å². The van der Waals surface area contributed by atoms with Crippen LogP contribution in [0.15, 0.2) is 72.8 Å². The largest absolute Gasteiger partial charge is 0.457 e. The number of aliphatic hydroxyl groups is 1. The van der Waals surface area contributed by atoms with E-state index in [1.165, 1.54) is 5.56 Å². The summed E-state index contributed by atoms with van der Waals surface area (Å²) in [6, 6.07) is 23.9. The second-order valence-corrected chi connectivity index (χ2v) is 8.65. The van der Waals surface area contributed by atoms with Gasteiger partial charge in [-0.05, 0) is 36.1 Å². The molecule has 3 aromatic carbocycles. The Bertz CT molecular complexity index is 1040. The van der Waals surface area contributed by atoms with Gasteiger partial charge < -0.3 is 15.2 Å². The third-order valence-electron chi connectivity index (χ3n) is 6.40. The monoisotopic (exact) mass is 428 g/mol. The van der Waals surface area contributed by atoms with Crippen LogP contribution in [0.5, 0.6) is 11.5 Å². The van der Waals surface area contributed by atoms with Crippen molar-refractivity contribution in [2.45, 2.75) is 38.0 Å². The highest BCUT2D eigenvalue weighted by Gasteiger charge is 2.32. The molecule has 2 N–H and O–H groups in total. The van der Waals surface area contributed by atoms with Crippen molar-refractivity contribution in [3.05, 3.63) is 95.1 Å². The number of fused-ring (bicyclic) bond motifs is 2. The number of carbonyl (C=O) groups is 1. The van der Waals surface area contributed by atoms with E-state index in [0.29, 0.717) is 6.54 Å². The van der Waals surface area contributed by atoms with Gasteiger partial charge in [0.15, 0.2) is 0 Å². The van der Waals surface area contributed by atoms with Gasteiger partial charge in [-0.1, -0.05) is 60.7 Å². The van der Waals surface area contributed by atoms with E-state index in [-0.39, 0.29) is 17.9 Å². The van der Waals surface area contributed by atoms with Crippen molar-refractivity contribution < 1.29 is 14.6 Å². The number of rotatable bonds is 5. The average molecular weight is 429 g/mol. The van der Waals surface area contributed by atoms with Crippen LogP contribution in [0.2, 0.25) is 0 Å². The lowest BCUT2D eigenvalue weighted by Gasteiger charge is -2.29. The van der Waals surface area contributed by atoms with Crippen molar-refractivity contribution in [2.24, 2.45) is 0 Å². The number of likely N-dealkylation sites (tertiary alicyclic amines) is 1. The van der Waals surface area contributed by atoms with Crippen LogP contribution in [-0.2, 0) is 17.9 Å². The predicted octanol–water partition coefficient (Wildman–Crippen LogP) is 4.20. The first kappa shape index (κ1) is 20.7. The van der Waals surface area contributed by atoms with Gasteiger partial charge in [0.1, 0.15) is 11.5 Å². The van der Waals surface area contributed by atoms with Gasteiger partial charge in [0, 0.05) is 37.3 Å². The zero-order valence-electron chi connectivity index (χ0n) is 18.0. The molecule has 164 valence electrons.